The number of unbranched alkanes of at least 4 members (excludes halogenated alkanes) is 4. The lowest BCUT2D eigenvalue weighted by Gasteiger charge is -2.17. The molecule has 122 valence electrons. The van der Waals surface area contributed by atoms with Gasteiger partial charge in [0.15, 0.2) is 9.84 Å². The van der Waals surface area contributed by atoms with Gasteiger partial charge in [0.1, 0.15) is 0 Å². The molecule has 0 N–H and O–H groups in total. The highest BCUT2D eigenvalue weighted by Gasteiger charge is 2.16. The van der Waals surface area contributed by atoms with Crippen LogP contribution in [-0.4, -0.2) is 14.7 Å². The first-order chi connectivity index (χ1) is 10.4. The van der Waals surface area contributed by atoms with Crippen LogP contribution in [0.5, 0.6) is 0 Å². The molecule has 1 aromatic carbocycles. The van der Waals surface area contributed by atoms with Crippen LogP contribution in [0.1, 0.15) is 75.8 Å². The molecule has 0 aliphatic rings. The first kappa shape index (κ1) is 18.7. The molecule has 0 aromatic heterocycles. The van der Waals surface area contributed by atoms with Gasteiger partial charge in [-0.05, 0) is 36.5 Å². The van der Waals surface area contributed by atoms with Crippen molar-refractivity contribution in [2.75, 3.05) is 6.26 Å². The molecule has 1 unspecified atom stereocenters. The number of hydrogen-bond donors (Lipinski definition) is 0. The van der Waals surface area contributed by atoms with E-state index in [9.17, 15) is 13.7 Å². The Morgan fingerprint density at radius 2 is 1.82 bits per heavy atom. The molecular weight excluding hydrogens is 294 g/mol. The zero-order valence-corrected chi connectivity index (χ0v) is 14.7. The predicted octanol–water partition coefficient (Wildman–Crippen LogP) is 4.82. The minimum Gasteiger partial charge on any atom is -0.224 e. The Kier molecular flexibility index (Phi) is 7.61. The fourth-order valence-corrected chi connectivity index (χ4v) is 3.44. The number of sulfone groups is 1. The van der Waals surface area contributed by atoms with Crippen molar-refractivity contribution in [1.29, 1.82) is 5.26 Å². The molecule has 0 bridgehead atoms. The van der Waals surface area contributed by atoms with Gasteiger partial charge in [-0.25, -0.2) is 8.42 Å². The molecule has 0 heterocycles. The van der Waals surface area contributed by atoms with Crippen LogP contribution in [0.2, 0.25) is 0 Å². The highest BCUT2D eigenvalue weighted by atomic mass is 32.2. The average molecular weight is 321 g/mol. The smallest absolute Gasteiger partial charge is 0.175 e. The van der Waals surface area contributed by atoms with E-state index in [1.54, 1.807) is 6.07 Å². The Balaban J connectivity index is 2.86. The van der Waals surface area contributed by atoms with Crippen molar-refractivity contribution in [3.05, 3.63) is 29.3 Å². The molecular formula is C18H27NO2S. The second kappa shape index (κ2) is 8.95. The maximum atomic E-state index is 11.6. The van der Waals surface area contributed by atoms with Gasteiger partial charge in [0.05, 0.1) is 16.5 Å². The minimum atomic E-state index is -3.26. The second-order valence-electron chi connectivity index (χ2n) is 5.94. The van der Waals surface area contributed by atoms with Crippen LogP contribution in [0.25, 0.3) is 0 Å². The van der Waals surface area contributed by atoms with Gasteiger partial charge in [-0.15, -0.1) is 0 Å². The van der Waals surface area contributed by atoms with Gasteiger partial charge in [-0.3, -0.25) is 0 Å². The van der Waals surface area contributed by atoms with E-state index in [1.165, 1.54) is 38.0 Å². The fraction of sp³-hybridized carbons (Fsp3) is 0.611. The van der Waals surface area contributed by atoms with E-state index in [2.05, 4.69) is 19.9 Å². The zero-order chi connectivity index (χ0) is 16.6. The quantitative estimate of drug-likeness (QED) is 0.613. The molecule has 1 atom stereocenters. The largest absolute Gasteiger partial charge is 0.224 e. The summed E-state index contributed by atoms with van der Waals surface area (Å²) in [7, 11) is -3.26. The normalized spacial score (nSPS) is 12.8. The summed E-state index contributed by atoms with van der Waals surface area (Å²) in [5, 5.41) is 9.35. The van der Waals surface area contributed by atoms with Gasteiger partial charge in [0, 0.05) is 6.26 Å². The maximum Gasteiger partial charge on any atom is 0.175 e. The van der Waals surface area contributed by atoms with Crippen molar-refractivity contribution in [2.24, 2.45) is 0 Å². The Morgan fingerprint density at radius 3 is 2.36 bits per heavy atom. The van der Waals surface area contributed by atoms with E-state index >= 15 is 0 Å². The first-order valence-electron chi connectivity index (χ1n) is 8.18. The topological polar surface area (TPSA) is 57.9 Å². The van der Waals surface area contributed by atoms with Gasteiger partial charge in [-0.2, -0.15) is 5.26 Å². The summed E-state index contributed by atoms with van der Waals surface area (Å²) >= 11 is 0. The lowest BCUT2D eigenvalue weighted by Crippen LogP contribution is -2.04. The molecule has 0 amide bonds. The summed E-state index contributed by atoms with van der Waals surface area (Å²) in [6.07, 6.45) is 9.39. The minimum absolute atomic E-state index is 0.227. The van der Waals surface area contributed by atoms with Crippen molar-refractivity contribution in [3.8, 4) is 6.07 Å². The van der Waals surface area contributed by atoms with Crippen LogP contribution >= 0.6 is 0 Å². The summed E-state index contributed by atoms with van der Waals surface area (Å²) in [5.41, 5.74) is 1.50. The molecule has 1 aromatic rings. The van der Waals surface area contributed by atoms with E-state index in [1.807, 2.05) is 6.07 Å². The monoisotopic (exact) mass is 321 g/mol. The average Bonchev–Trinajstić information content (AvgIpc) is 2.49. The van der Waals surface area contributed by atoms with Gasteiger partial charge in [0.25, 0.3) is 0 Å². The van der Waals surface area contributed by atoms with Crippen LogP contribution < -0.4 is 0 Å². The molecule has 22 heavy (non-hydrogen) atoms. The van der Waals surface area contributed by atoms with Crippen LogP contribution in [0, 0.1) is 11.3 Å². The molecule has 0 aliphatic heterocycles. The van der Waals surface area contributed by atoms with Crippen LogP contribution in [0.3, 0.4) is 0 Å². The first-order valence-corrected chi connectivity index (χ1v) is 10.1. The Labute approximate surface area is 135 Å². The van der Waals surface area contributed by atoms with E-state index in [-0.39, 0.29) is 4.90 Å². The molecule has 0 spiro atoms. The number of benzene rings is 1. The van der Waals surface area contributed by atoms with Crippen LogP contribution in [0.4, 0.5) is 0 Å². The summed E-state index contributed by atoms with van der Waals surface area (Å²) in [5.74, 6) is 0.338. The molecule has 1 rings (SSSR count). The third-order valence-corrected chi connectivity index (χ3v) is 5.27. The molecule has 3 nitrogen and oxygen atoms in total. The third-order valence-electron chi connectivity index (χ3n) is 4.16. The molecule has 0 saturated heterocycles. The highest BCUT2D eigenvalue weighted by molar-refractivity contribution is 7.90. The molecule has 0 saturated carbocycles. The Morgan fingerprint density at radius 1 is 1.14 bits per heavy atom. The summed E-state index contributed by atoms with van der Waals surface area (Å²) < 4.78 is 23.2. The van der Waals surface area contributed by atoms with Crippen molar-refractivity contribution in [3.63, 3.8) is 0 Å². The zero-order valence-electron chi connectivity index (χ0n) is 13.9. The standard InChI is InChI=1S/C18H27NO2S/c1-4-6-7-8-9-10-15(5-2)18-12-11-17(22(3,20)21)13-16(18)14-19/h11-13,15H,4-10H2,1-3H3. The molecule has 4 heteroatoms. The maximum absolute atomic E-state index is 11.6. The molecule has 0 aliphatic carbocycles. The fourth-order valence-electron chi connectivity index (χ4n) is 2.79. The van der Waals surface area contributed by atoms with Crippen molar-refractivity contribution >= 4 is 9.84 Å². The number of nitrogens with zero attached hydrogens (tertiary/aromatic N) is 1. The molecule has 0 radical (unpaired) electrons. The Bertz CT molecular complexity index is 614. The van der Waals surface area contributed by atoms with Gasteiger partial charge >= 0.3 is 0 Å². The van der Waals surface area contributed by atoms with Crippen LogP contribution in [-0.2, 0) is 9.84 Å². The molecule has 0 fully saturated rings. The number of hydrogen-bond acceptors (Lipinski definition) is 3. The van der Waals surface area contributed by atoms with E-state index < -0.39 is 9.84 Å². The number of nitriles is 1. The highest BCUT2D eigenvalue weighted by Crippen LogP contribution is 2.30. The van der Waals surface area contributed by atoms with E-state index in [0.717, 1.165) is 24.8 Å². The van der Waals surface area contributed by atoms with E-state index in [4.69, 9.17) is 0 Å². The van der Waals surface area contributed by atoms with Gasteiger partial charge in [-0.1, -0.05) is 52.0 Å². The third kappa shape index (κ3) is 5.46. The van der Waals surface area contributed by atoms with Crippen molar-refractivity contribution in [1.82, 2.24) is 0 Å². The summed E-state index contributed by atoms with van der Waals surface area (Å²) in [4.78, 5) is 0.227. The lowest BCUT2D eigenvalue weighted by molar-refractivity contribution is 0.534. The van der Waals surface area contributed by atoms with E-state index in [0.29, 0.717) is 11.5 Å². The predicted molar refractivity (Wildman–Crippen MR) is 90.7 cm³/mol. The lowest BCUT2D eigenvalue weighted by atomic mass is 9.88. The van der Waals surface area contributed by atoms with Crippen molar-refractivity contribution in [2.45, 2.75) is 69.6 Å². The summed E-state index contributed by atoms with van der Waals surface area (Å²) in [6, 6.07) is 7.15. The second-order valence-corrected chi connectivity index (χ2v) is 7.96. The Hall–Kier alpha value is -1.34. The number of rotatable bonds is 9. The SMILES string of the molecule is CCCCCCCC(CC)c1ccc(S(C)(=O)=O)cc1C#N. The van der Waals surface area contributed by atoms with Gasteiger partial charge in [0.2, 0.25) is 0 Å². The summed E-state index contributed by atoms with van der Waals surface area (Å²) in [6.45, 7) is 4.33. The van der Waals surface area contributed by atoms with Crippen molar-refractivity contribution < 1.29 is 8.42 Å². The van der Waals surface area contributed by atoms with Gasteiger partial charge < -0.3 is 0 Å². The van der Waals surface area contributed by atoms with Crippen LogP contribution in [0.15, 0.2) is 23.1 Å².